The number of ketones is 1. The highest BCUT2D eigenvalue weighted by atomic mass is 16.1. The van der Waals surface area contributed by atoms with Gasteiger partial charge in [0.2, 0.25) is 0 Å². The van der Waals surface area contributed by atoms with Crippen LogP contribution in [0.25, 0.3) is 10.8 Å². The molecule has 90 valence electrons. The zero-order valence-electron chi connectivity index (χ0n) is 10.7. The van der Waals surface area contributed by atoms with E-state index in [9.17, 15) is 4.79 Å². The predicted molar refractivity (Wildman–Crippen MR) is 73.6 cm³/mol. The van der Waals surface area contributed by atoms with Gasteiger partial charge in [-0.05, 0) is 30.9 Å². The molecular formula is C15H19NO. The molecule has 0 radical (unpaired) electrons. The normalized spacial score (nSPS) is 9.59. The van der Waals surface area contributed by atoms with E-state index in [1.165, 1.54) is 5.39 Å². The van der Waals surface area contributed by atoms with Crippen LogP contribution in [0.1, 0.15) is 23.7 Å². The monoisotopic (exact) mass is 229 g/mol. The van der Waals surface area contributed by atoms with E-state index in [1.54, 1.807) is 0 Å². The Morgan fingerprint density at radius 3 is 2.24 bits per heavy atom. The Bertz CT molecular complexity index is 491. The highest BCUT2D eigenvalue weighted by Crippen LogP contribution is 2.16. The fourth-order valence-corrected chi connectivity index (χ4v) is 1.57. The lowest BCUT2D eigenvalue weighted by Gasteiger charge is -2.00. The molecule has 2 nitrogen and oxygen atoms in total. The quantitative estimate of drug-likeness (QED) is 0.801. The van der Waals surface area contributed by atoms with E-state index < -0.39 is 0 Å². The van der Waals surface area contributed by atoms with Crippen LogP contribution in [0.5, 0.6) is 0 Å². The Labute approximate surface area is 103 Å². The smallest absolute Gasteiger partial charge is 0.162 e. The van der Waals surface area contributed by atoms with Crippen LogP contribution < -0.4 is 5.32 Å². The van der Waals surface area contributed by atoms with Gasteiger partial charge in [-0.3, -0.25) is 4.79 Å². The molecule has 0 aromatic heterocycles. The molecule has 0 saturated heterocycles. The summed E-state index contributed by atoms with van der Waals surface area (Å²) in [6.07, 6.45) is 0.568. The number of hydrogen-bond donors (Lipinski definition) is 1. The first kappa shape index (κ1) is 13.4. The average Bonchev–Trinajstić information content (AvgIpc) is 2.38. The Hall–Kier alpha value is -1.67. The van der Waals surface area contributed by atoms with Crippen molar-refractivity contribution in [3.05, 3.63) is 48.0 Å². The summed E-state index contributed by atoms with van der Waals surface area (Å²) in [6.45, 7) is 1.89. The maximum atomic E-state index is 11.5. The molecule has 2 aromatic rings. The maximum Gasteiger partial charge on any atom is 0.162 e. The summed E-state index contributed by atoms with van der Waals surface area (Å²) in [7, 11) is 3.75. The molecule has 0 unspecified atom stereocenters. The molecule has 0 bridgehead atoms. The molecule has 0 saturated carbocycles. The molecule has 0 spiro atoms. The fraction of sp³-hybridized carbons (Fsp3) is 0.267. The zero-order valence-corrected chi connectivity index (χ0v) is 10.7. The number of Topliss-reactive ketones (excluding diaryl/α,β-unsaturated/α-hetero) is 1. The zero-order chi connectivity index (χ0) is 12.7. The van der Waals surface area contributed by atoms with E-state index >= 15 is 0 Å². The first-order valence-corrected chi connectivity index (χ1v) is 5.83. The van der Waals surface area contributed by atoms with Gasteiger partial charge in [-0.2, -0.15) is 0 Å². The van der Waals surface area contributed by atoms with Crippen molar-refractivity contribution in [3.63, 3.8) is 0 Å². The Kier molecular flexibility index (Phi) is 5.37. The van der Waals surface area contributed by atoms with Gasteiger partial charge in [-0.25, -0.2) is 0 Å². The second-order valence-corrected chi connectivity index (χ2v) is 3.84. The average molecular weight is 229 g/mol. The summed E-state index contributed by atoms with van der Waals surface area (Å²) in [4.78, 5) is 11.5. The molecular weight excluding hydrogens is 210 g/mol. The van der Waals surface area contributed by atoms with Gasteiger partial charge < -0.3 is 5.32 Å². The van der Waals surface area contributed by atoms with Gasteiger partial charge >= 0.3 is 0 Å². The van der Waals surface area contributed by atoms with Crippen LogP contribution in [0.2, 0.25) is 0 Å². The molecule has 2 rings (SSSR count). The number of carbonyl (C=O) groups is 1. The summed E-state index contributed by atoms with van der Waals surface area (Å²) >= 11 is 0. The lowest BCUT2D eigenvalue weighted by molar-refractivity contribution is 0.0988. The second kappa shape index (κ2) is 6.81. The van der Waals surface area contributed by atoms with E-state index in [4.69, 9.17) is 0 Å². The third kappa shape index (κ3) is 3.68. The van der Waals surface area contributed by atoms with Crippen LogP contribution in [0.3, 0.4) is 0 Å². The molecule has 0 amide bonds. The van der Waals surface area contributed by atoms with Crippen molar-refractivity contribution < 1.29 is 4.79 Å². The van der Waals surface area contributed by atoms with Crippen molar-refractivity contribution in [3.8, 4) is 0 Å². The number of hydrogen-bond acceptors (Lipinski definition) is 2. The van der Waals surface area contributed by atoms with Crippen molar-refractivity contribution in [1.82, 2.24) is 5.32 Å². The summed E-state index contributed by atoms with van der Waals surface area (Å²) in [5, 5.41) is 5.06. The largest absolute Gasteiger partial charge is 0.323 e. The van der Waals surface area contributed by atoms with E-state index in [0.717, 1.165) is 10.9 Å². The second-order valence-electron chi connectivity index (χ2n) is 3.84. The number of fused-ring (bicyclic) bond motifs is 1. The van der Waals surface area contributed by atoms with Gasteiger partial charge in [0.1, 0.15) is 0 Å². The highest BCUT2D eigenvalue weighted by molar-refractivity contribution is 5.99. The lowest BCUT2D eigenvalue weighted by Crippen LogP contribution is -1.95. The van der Waals surface area contributed by atoms with Crippen molar-refractivity contribution in [2.75, 3.05) is 14.1 Å². The summed E-state index contributed by atoms with van der Waals surface area (Å²) in [5.74, 6) is 0.204. The SMILES string of the molecule is CCC(=O)c1ccc2ccccc2c1.CNC. The van der Waals surface area contributed by atoms with Gasteiger partial charge in [0, 0.05) is 12.0 Å². The van der Waals surface area contributed by atoms with Crippen molar-refractivity contribution in [2.45, 2.75) is 13.3 Å². The minimum Gasteiger partial charge on any atom is -0.323 e. The Balaban J connectivity index is 0.000000437. The fourth-order valence-electron chi connectivity index (χ4n) is 1.57. The van der Waals surface area contributed by atoms with Crippen LogP contribution in [-0.2, 0) is 0 Å². The number of nitrogens with one attached hydrogen (secondary N) is 1. The first-order chi connectivity index (χ1) is 8.22. The van der Waals surface area contributed by atoms with E-state index in [1.807, 2.05) is 57.4 Å². The minimum absolute atomic E-state index is 0.204. The molecule has 0 atom stereocenters. The molecule has 2 heteroatoms. The van der Waals surface area contributed by atoms with E-state index in [0.29, 0.717) is 6.42 Å². The molecule has 1 N–H and O–H groups in total. The van der Waals surface area contributed by atoms with Gasteiger partial charge in [-0.15, -0.1) is 0 Å². The first-order valence-electron chi connectivity index (χ1n) is 5.83. The Morgan fingerprint density at radius 2 is 1.65 bits per heavy atom. The van der Waals surface area contributed by atoms with Crippen LogP contribution in [-0.4, -0.2) is 19.9 Å². The molecule has 0 aliphatic rings. The molecule has 2 aromatic carbocycles. The van der Waals surface area contributed by atoms with E-state index in [-0.39, 0.29) is 5.78 Å². The van der Waals surface area contributed by atoms with Crippen LogP contribution in [0.4, 0.5) is 0 Å². The van der Waals surface area contributed by atoms with Gasteiger partial charge in [0.15, 0.2) is 5.78 Å². The van der Waals surface area contributed by atoms with Crippen molar-refractivity contribution in [2.24, 2.45) is 0 Å². The predicted octanol–water partition coefficient (Wildman–Crippen LogP) is 3.27. The Morgan fingerprint density at radius 1 is 1.06 bits per heavy atom. The third-order valence-corrected chi connectivity index (χ3v) is 2.39. The number of carbonyl (C=O) groups excluding carboxylic acids is 1. The minimum atomic E-state index is 0.204. The molecule has 0 aliphatic carbocycles. The van der Waals surface area contributed by atoms with Gasteiger partial charge in [-0.1, -0.05) is 43.3 Å². The summed E-state index contributed by atoms with van der Waals surface area (Å²) in [6, 6.07) is 13.9. The molecule has 0 heterocycles. The van der Waals surface area contributed by atoms with Gasteiger partial charge in [0.25, 0.3) is 0 Å². The summed E-state index contributed by atoms with van der Waals surface area (Å²) < 4.78 is 0. The lowest BCUT2D eigenvalue weighted by atomic mass is 10.0. The summed E-state index contributed by atoms with van der Waals surface area (Å²) in [5.41, 5.74) is 0.811. The van der Waals surface area contributed by atoms with Crippen molar-refractivity contribution in [1.29, 1.82) is 0 Å². The van der Waals surface area contributed by atoms with Crippen LogP contribution in [0, 0.1) is 0 Å². The maximum absolute atomic E-state index is 11.5. The van der Waals surface area contributed by atoms with Crippen LogP contribution >= 0.6 is 0 Å². The highest BCUT2D eigenvalue weighted by Gasteiger charge is 2.02. The van der Waals surface area contributed by atoms with Crippen molar-refractivity contribution >= 4 is 16.6 Å². The standard InChI is InChI=1S/C13H12O.C2H7N/c1-2-13(14)12-8-7-10-5-3-4-6-11(10)9-12;1-3-2/h3-9H,2H2,1H3;3H,1-2H3. The van der Waals surface area contributed by atoms with Crippen LogP contribution in [0.15, 0.2) is 42.5 Å². The number of rotatable bonds is 2. The molecule has 0 fully saturated rings. The van der Waals surface area contributed by atoms with Gasteiger partial charge in [0.05, 0.1) is 0 Å². The topological polar surface area (TPSA) is 29.1 Å². The van der Waals surface area contributed by atoms with E-state index in [2.05, 4.69) is 11.4 Å². The third-order valence-electron chi connectivity index (χ3n) is 2.39. The molecule has 17 heavy (non-hydrogen) atoms. The number of benzene rings is 2. The molecule has 0 aliphatic heterocycles.